The molecule has 1 aliphatic rings. The van der Waals surface area contributed by atoms with E-state index in [1.807, 2.05) is 49.9 Å². The van der Waals surface area contributed by atoms with Gasteiger partial charge in [-0.3, -0.25) is 9.59 Å². The van der Waals surface area contributed by atoms with Crippen LogP contribution >= 0.6 is 0 Å². The fraction of sp³-hybridized carbons (Fsp3) is 0.529. The molecule has 0 aliphatic carbocycles. The smallest absolute Gasteiger partial charge is 0.225 e. The molecular formula is C17H23NO2. The van der Waals surface area contributed by atoms with Gasteiger partial charge in [-0.2, -0.15) is 0 Å². The molecule has 1 amide bonds. The molecule has 3 heteroatoms. The van der Waals surface area contributed by atoms with Crippen LogP contribution in [0.15, 0.2) is 24.3 Å². The van der Waals surface area contributed by atoms with Gasteiger partial charge in [0.2, 0.25) is 5.91 Å². The van der Waals surface area contributed by atoms with Crippen LogP contribution in [0, 0.1) is 18.8 Å². The average Bonchev–Trinajstić information content (AvgIpc) is 2.46. The van der Waals surface area contributed by atoms with Gasteiger partial charge in [0, 0.05) is 30.5 Å². The number of aryl methyl sites for hydroxylation is 1. The number of rotatable bonds is 3. The molecule has 1 saturated heterocycles. The summed E-state index contributed by atoms with van der Waals surface area (Å²) in [6.45, 7) is 7.28. The zero-order valence-electron chi connectivity index (χ0n) is 12.6. The van der Waals surface area contributed by atoms with Crippen LogP contribution in [0.5, 0.6) is 0 Å². The number of amides is 1. The SMILES string of the molecule is Cc1ccc(C(=O)C2CCN(C(=O)C(C)C)CC2)cc1. The fourth-order valence-corrected chi connectivity index (χ4v) is 2.68. The highest BCUT2D eigenvalue weighted by Gasteiger charge is 2.28. The van der Waals surface area contributed by atoms with Gasteiger partial charge in [-0.15, -0.1) is 0 Å². The molecule has 0 atom stereocenters. The van der Waals surface area contributed by atoms with Crippen LogP contribution in [0.25, 0.3) is 0 Å². The summed E-state index contributed by atoms with van der Waals surface area (Å²) in [6, 6.07) is 7.77. The molecule has 0 saturated carbocycles. The van der Waals surface area contributed by atoms with Crippen LogP contribution < -0.4 is 0 Å². The average molecular weight is 273 g/mol. The summed E-state index contributed by atoms with van der Waals surface area (Å²) < 4.78 is 0. The van der Waals surface area contributed by atoms with Crippen LogP contribution in [-0.2, 0) is 4.79 Å². The third-order valence-electron chi connectivity index (χ3n) is 4.01. The van der Waals surface area contributed by atoms with Gasteiger partial charge in [0.1, 0.15) is 0 Å². The summed E-state index contributed by atoms with van der Waals surface area (Å²) in [4.78, 5) is 26.2. The van der Waals surface area contributed by atoms with Gasteiger partial charge in [0.25, 0.3) is 0 Å². The van der Waals surface area contributed by atoms with Crippen LogP contribution in [0.2, 0.25) is 0 Å². The summed E-state index contributed by atoms with van der Waals surface area (Å²) >= 11 is 0. The van der Waals surface area contributed by atoms with E-state index >= 15 is 0 Å². The van der Waals surface area contributed by atoms with Crippen LogP contribution in [0.1, 0.15) is 42.6 Å². The van der Waals surface area contributed by atoms with Gasteiger partial charge in [-0.05, 0) is 19.8 Å². The second kappa shape index (κ2) is 6.21. The summed E-state index contributed by atoms with van der Waals surface area (Å²) in [5.74, 6) is 0.529. The number of ketones is 1. The minimum Gasteiger partial charge on any atom is -0.342 e. The number of benzene rings is 1. The Morgan fingerprint density at radius 3 is 2.15 bits per heavy atom. The van der Waals surface area contributed by atoms with Gasteiger partial charge in [0.15, 0.2) is 5.78 Å². The molecule has 0 N–H and O–H groups in total. The topological polar surface area (TPSA) is 37.4 Å². The fourth-order valence-electron chi connectivity index (χ4n) is 2.68. The first-order valence-corrected chi connectivity index (χ1v) is 7.38. The number of Topliss-reactive ketones (excluding diaryl/α,β-unsaturated/α-hetero) is 1. The maximum absolute atomic E-state index is 12.4. The lowest BCUT2D eigenvalue weighted by atomic mass is 9.88. The Bertz CT molecular complexity index is 482. The lowest BCUT2D eigenvalue weighted by Gasteiger charge is -2.32. The number of nitrogens with zero attached hydrogens (tertiary/aromatic N) is 1. The molecule has 1 aromatic carbocycles. The third kappa shape index (κ3) is 3.27. The van der Waals surface area contributed by atoms with Crippen LogP contribution in [-0.4, -0.2) is 29.7 Å². The zero-order chi connectivity index (χ0) is 14.7. The van der Waals surface area contributed by atoms with E-state index in [-0.39, 0.29) is 23.5 Å². The highest BCUT2D eigenvalue weighted by molar-refractivity contribution is 5.98. The number of carbonyl (C=O) groups excluding carboxylic acids is 2. The first kappa shape index (κ1) is 14.8. The monoisotopic (exact) mass is 273 g/mol. The Morgan fingerprint density at radius 2 is 1.65 bits per heavy atom. The van der Waals surface area contributed by atoms with Gasteiger partial charge >= 0.3 is 0 Å². The predicted octanol–water partition coefficient (Wildman–Crippen LogP) is 3.07. The van der Waals surface area contributed by atoms with E-state index in [0.29, 0.717) is 13.1 Å². The predicted molar refractivity (Wildman–Crippen MR) is 79.7 cm³/mol. The van der Waals surface area contributed by atoms with Gasteiger partial charge < -0.3 is 4.90 Å². The van der Waals surface area contributed by atoms with Gasteiger partial charge in [-0.25, -0.2) is 0 Å². The Hall–Kier alpha value is -1.64. The number of carbonyl (C=O) groups is 2. The van der Waals surface area contributed by atoms with Crippen molar-refractivity contribution in [1.29, 1.82) is 0 Å². The summed E-state index contributed by atoms with van der Waals surface area (Å²) in [6.07, 6.45) is 1.57. The number of piperidine rings is 1. The molecule has 0 spiro atoms. The minimum atomic E-state index is 0.0411. The van der Waals surface area contributed by atoms with E-state index in [0.717, 1.165) is 18.4 Å². The molecule has 108 valence electrons. The van der Waals surface area contributed by atoms with Gasteiger partial charge in [0.05, 0.1) is 0 Å². The second-order valence-corrected chi connectivity index (χ2v) is 5.98. The maximum Gasteiger partial charge on any atom is 0.225 e. The zero-order valence-corrected chi connectivity index (χ0v) is 12.6. The summed E-state index contributed by atoms with van der Waals surface area (Å²) in [5, 5.41) is 0. The van der Waals surface area contributed by atoms with E-state index in [9.17, 15) is 9.59 Å². The van der Waals surface area contributed by atoms with Gasteiger partial charge in [-0.1, -0.05) is 43.7 Å². The van der Waals surface area contributed by atoms with Crippen molar-refractivity contribution in [3.05, 3.63) is 35.4 Å². The van der Waals surface area contributed by atoms with Crippen molar-refractivity contribution >= 4 is 11.7 Å². The first-order valence-electron chi connectivity index (χ1n) is 7.38. The van der Waals surface area contributed by atoms with Crippen molar-refractivity contribution in [3.63, 3.8) is 0 Å². The Kier molecular flexibility index (Phi) is 4.58. The lowest BCUT2D eigenvalue weighted by molar-refractivity contribution is -0.135. The van der Waals surface area contributed by atoms with E-state index in [1.54, 1.807) is 0 Å². The molecule has 3 nitrogen and oxygen atoms in total. The van der Waals surface area contributed by atoms with Crippen molar-refractivity contribution in [1.82, 2.24) is 4.90 Å². The molecule has 20 heavy (non-hydrogen) atoms. The van der Waals surface area contributed by atoms with Crippen molar-refractivity contribution < 1.29 is 9.59 Å². The minimum absolute atomic E-state index is 0.0411. The molecule has 2 rings (SSSR count). The van der Waals surface area contributed by atoms with E-state index < -0.39 is 0 Å². The Labute approximate surface area is 121 Å². The van der Waals surface area contributed by atoms with E-state index in [1.165, 1.54) is 5.56 Å². The highest BCUT2D eigenvalue weighted by atomic mass is 16.2. The van der Waals surface area contributed by atoms with Crippen molar-refractivity contribution in [2.45, 2.75) is 33.6 Å². The maximum atomic E-state index is 12.4. The molecule has 1 aliphatic heterocycles. The summed E-state index contributed by atoms with van der Waals surface area (Å²) in [5.41, 5.74) is 1.96. The molecule has 0 radical (unpaired) electrons. The van der Waals surface area contributed by atoms with E-state index in [2.05, 4.69) is 0 Å². The van der Waals surface area contributed by atoms with Crippen LogP contribution in [0.4, 0.5) is 0 Å². The molecule has 0 bridgehead atoms. The lowest BCUT2D eigenvalue weighted by Crippen LogP contribution is -2.42. The second-order valence-electron chi connectivity index (χ2n) is 5.98. The molecule has 0 unspecified atom stereocenters. The van der Waals surface area contributed by atoms with E-state index in [4.69, 9.17) is 0 Å². The molecular weight excluding hydrogens is 250 g/mol. The Balaban J connectivity index is 1.95. The van der Waals surface area contributed by atoms with Crippen molar-refractivity contribution in [2.75, 3.05) is 13.1 Å². The summed E-state index contributed by atoms with van der Waals surface area (Å²) in [7, 11) is 0. The quantitative estimate of drug-likeness (QED) is 0.794. The number of hydrogen-bond donors (Lipinski definition) is 0. The molecule has 1 fully saturated rings. The molecule has 1 aromatic rings. The molecule has 1 heterocycles. The normalized spacial score (nSPS) is 16.5. The van der Waals surface area contributed by atoms with Crippen LogP contribution in [0.3, 0.4) is 0 Å². The number of likely N-dealkylation sites (tertiary alicyclic amines) is 1. The standard InChI is InChI=1S/C17H23NO2/c1-12(2)17(20)18-10-8-15(9-11-18)16(19)14-6-4-13(3)5-7-14/h4-7,12,15H,8-11H2,1-3H3. The van der Waals surface area contributed by atoms with Crippen molar-refractivity contribution in [2.24, 2.45) is 11.8 Å². The highest BCUT2D eigenvalue weighted by Crippen LogP contribution is 2.23. The largest absolute Gasteiger partial charge is 0.342 e. The first-order chi connectivity index (χ1) is 9.49. The number of hydrogen-bond acceptors (Lipinski definition) is 2. The van der Waals surface area contributed by atoms with Crippen molar-refractivity contribution in [3.8, 4) is 0 Å². The third-order valence-corrected chi connectivity index (χ3v) is 4.01. The Morgan fingerprint density at radius 1 is 1.10 bits per heavy atom. The molecule has 0 aromatic heterocycles.